The summed E-state index contributed by atoms with van der Waals surface area (Å²) in [6.07, 6.45) is 6.59. The molecule has 1 rings (SSSR count). The molecule has 0 radical (unpaired) electrons. The molecule has 1 heterocycles. The van der Waals surface area contributed by atoms with E-state index >= 15 is 0 Å². The molecule has 0 bridgehead atoms. The van der Waals surface area contributed by atoms with Crippen LogP contribution in [-0.2, 0) is 14.3 Å². The molecule has 1 aliphatic rings. The fraction of sp³-hybridized carbons (Fsp3) is 0.667. The Hall–Kier alpha value is -1.32. The lowest BCUT2D eigenvalue weighted by atomic mass is 10.0. The highest BCUT2D eigenvalue weighted by Crippen LogP contribution is 2.10. The Balaban J connectivity index is 2.45. The standard InChI is InChI=1S/C12H19NO3/c1-10-5-3-2-4-6-11(14)13-7-8-16-12(15)9-10/h2-3,10H,4-9H2,1H3,(H,13,14)/b3-2+. The summed E-state index contributed by atoms with van der Waals surface area (Å²) in [5.74, 6) is 0.121. The molecule has 0 aliphatic carbocycles. The van der Waals surface area contributed by atoms with E-state index in [9.17, 15) is 9.59 Å². The van der Waals surface area contributed by atoms with Crippen LogP contribution in [0.5, 0.6) is 0 Å². The van der Waals surface area contributed by atoms with Gasteiger partial charge in [-0.3, -0.25) is 9.59 Å². The van der Waals surface area contributed by atoms with E-state index in [1.54, 1.807) is 0 Å². The Labute approximate surface area is 96.0 Å². The lowest BCUT2D eigenvalue weighted by Gasteiger charge is -2.08. The second-order valence-electron chi connectivity index (χ2n) is 4.13. The van der Waals surface area contributed by atoms with Crippen molar-refractivity contribution in [3.8, 4) is 0 Å². The van der Waals surface area contributed by atoms with Crippen LogP contribution in [0.3, 0.4) is 0 Å². The molecule has 0 aromatic carbocycles. The van der Waals surface area contributed by atoms with Crippen molar-refractivity contribution in [1.29, 1.82) is 0 Å². The maximum Gasteiger partial charge on any atom is 0.306 e. The lowest BCUT2D eigenvalue weighted by Crippen LogP contribution is -2.27. The molecule has 1 N–H and O–H groups in total. The second kappa shape index (κ2) is 7.04. The zero-order valence-electron chi connectivity index (χ0n) is 9.70. The van der Waals surface area contributed by atoms with Gasteiger partial charge in [-0.05, 0) is 18.8 Å². The van der Waals surface area contributed by atoms with E-state index in [0.29, 0.717) is 25.3 Å². The predicted molar refractivity (Wildman–Crippen MR) is 60.7 cm³/mol. The van der Waals surface area contributed by atoms with E-state index in [0.717, 1.165) is 12.8 Å². The van der Waals surface area contributed by atoms with Gasteiger partial charge in [-0.2, -0.15) is 0 Å². The van der Waals surface area contributed by atoms with Crippen LogP contribution in [0.25, 0.3) is 0 Å². The minimum absolute atomic E-state index is 0.00740. The van der Waals surface area contributed by atoms with Gasteiger partial charge in [0, 0.05) is 12.8 Å². The molecule has 90 valence electrons. The van der Waals surface area contributed by atoms with Crippen LogP contribution in [0.2, 0.25) is 0 Å². The van der Waals surface area contributed by atoms with Crippen molar-refractivity contribution < 1.29 is 14.3 Å². The maximum atomic E-state index is 11.3. The Morgan fingerprint density at radius 3 is 3.00 bits per heavy atom. The molecule has 0 saturated carbocycles. The van der Waals surface area contributed by atoms with Gasteiger partial charge in [-0.25, -0.2) is 0 Å². The zero-order chi connectivity index (χ0) is 11.8. The predicted octanol–water partition coefficient (Wildman–Crippen LogP) is 1.41. The number of carbonyl (C=O) groups is 2. The highest BCUT2D eigenvalue weighted by atomic mass is 16.5. The first-order valence-corrected chi connectivity index (χ1v) is 5.76. The highest BCUT2D eigenvalue weighted by Gasteiger charge is 2.09. The summed E-state index contributed by atoms with van der Waals surface area (Å²) in [6, 6.07) is 0. The molecule has 4 nitrogen and oxygen atoms in total. The first-order chi connectivity index (χ1) is 7.68. The Kier molecular flexibility index (Phi) is 5.61. The highest BCUT2D eigenvalue weighted by molar-refractivity contribution is 5.76. The van der Waals surface area contributed by atoms with Gasteiger partial charge >= 0.3 is 5.97 Å². The molecule has 0 aromatic rings. The number of esters is 1. The molecule has 1 aliphatic heterocycles. The van der Waals surface area contributed by atoms with Crippen molar-refractivity contribution in [2.45, 2.75) is 32.6 Å². The Morgan fingerprint density at radius 1 is 1.38 bits per heavy atom. The van der Waals surface area contributed by atoms with Crippen LogP contribution >= 0.6 is 0 Å². The summed E-state index contributed by atoms with van der Waals surface area (Å²) in [4.78, 5) is 22.6. The molecule has 1 atom stereocenters. The molecule has 4 heteroatoms. The van der Waals surface area contributed by atoms with Crippen LogP contribution in [0.15, 0.2) is 12.2 Å². The van der Waals surface area contributed by atoms with Crippen LogP contribution in [0.4, 0.5) is 0 Å². The number of hydrogen-bond acceptors (Lipinski definition) is 3. The normalized spacial score (nSPS) is 26.7. The van der Waals surface area contributed by atoms with Crippen LogP contribution in [-0.4, -0.2) is 25.0 Å². The number of rotatable bonds is 0. The number of amides is 1. The van der Waals surface area contributed by atoms with Gasteiger partial charge in [0.15, 0.2) is 0 Å². The topological polar surface area (TPSA) is 55.4 Å². The van der Waals surface area contributed by atoms with E-state index in [1.165, 1.54) is 0 Å². The molecule has 0 saturated heterocycles. The van der Waals surface area contributed by atoms with E-state index < -0.39 is 0 Å². The fourth-order valence-corrected chi connectivity index (χ4v) is 1.53. The summed E-state index contributed by atoms with van der Waals surface area (Å²) in [7, 11) is 0. The third-order valence-corrected chi connectivity index (χ3v) is 2.45. The summed E-state index contributed by atoms with van der Waals surface area (Å²) in [6.45, 7) is 2.70. The van der Waals surface area contributed by atoms with E-state index in [2.05, 4.69) is 5.32 Å². The number of nitrogens with one attached hydrogen (secondary N) is 1. The summed E-state index contributed by atoms with van der Waals surface area (Å²) >= 11 is 0. The molecule has 1 amide bonds. The quantitative estimate of drug-likeness (QED) is 0.501. The average Bonchev–Trinajstić information content (AvgIpc) is 2.24. The number of allylic oxidation sites excluding steroid dienone is 2. The number of cyclic esters (lactones) is 1. The van der Waals surface area contributed by atoms with Crippen LogP contribution in [0.1, 0.15) is 32.6 Å². The van der Waals surface area contributed by atoms with Gasteiger partial charge in [-0.1, -0.05) is 19.1 Å². The van der Waals surface area contributed by atoms with E-state index in [1.807, 2.05) is 19.1 Å². The van der Waals surface area contributed by atoms with Gasteiger partial charge in [0.2, 0.25) is 5.91 Å². The first kappa shape index (κ1) is 12.7. The minimum atomic E-state index is -0.186. The molecule has 16 heavy (non-hydrogen) atoms. The van der Waals surface area contributed by atoms with Crippen molar-refractivity contribution in [1.82, 2.24) is 5.32 Å². The third-order valence-electron chi connectivity index (χ3n) is 2.45. The minimum Gasteiger partial charge on any atom is -0.464 e. The Bertz CT molecular complexity index is 273. The molecule has 1 unspecified atom stereocenters. The summed E-state index contributed by atoms with van der Waals surface area (Å²) in [5.41, 5.74) is 0. The number of carbonyl (C=O) groups excluding carboxylic acids is 2. The van der Waals surface area contributed by atoms with Gasteiger partial charge in [0.25, 0.3) is 0 Å². The Morgan fingerprint density at radius 2 is 2.19 bits per heavy atom. The van der Waals surface area contributed by atoms with Crippen molar-refractivity contribution in [2.24, 2.45) is 5.92 Å². The summed E-state index contributed by atoms with van der Waals surface area (Å²) in [5, 5.41) is 2.70. The van der Waals surface area contributed by atoms with Crippen molar-refractivity contribution in [2.75, 3.05) is 13.2 Å². The van der Waals surface area contributed by atoms with E-state index in [4.69, 9.17) is 4.74 Å². The van der Waals surface area contributed by atoms with Crippen LogP contribution in [0, 0.1) is 5.92 Å². The van der Waals surface area contributed by atoms with Gasteiger partial charge in [-0.15, -0.1) is 0 Å². The van der Waals surface area contributed by atoms with Crippen molar-refractivity contribution in [3.05, 3.63) is 12.2 Å². The van der Waals surface area contributed by atoms with Gasteiger partial charge < -0.3 is 10.1 Å². The molecular formula is C12H19NO3. The van der Waals surface area contributed by atoms with Crippen molar-refractivity contribution in [3.63, 3.8) is 0 Å². The SMILES string of the molecule is CC1C/C=C/CCC(=O)NCCOC(=O)C1. The average molecular weight is 225 g/mol. The zero-order valence-corrected chi connectivity index (χ0v) is 9.70. The monoisotopic (exact) mass is 225 g/mol. The van der Waals surface area contributed by atoms with Crippen molar-refractivity contribution >= 4 is 11.9 Å². The third kappa shape index (κ3) is 5.53. The van der Waals surface area contributed by atoms with Gasteiger partial charge in [0.1, 0.15) is 6.61 Å². The summed E-state index contributed by atoms with van der Waals surface area (Å²) < 4.78 is 5.00. The van der Waals surface area contributed by atoms with E-state index in [-0.39, 0.29) is 18.5 Å². The molecule has 0 spiro atoms. The first-order valence-electron chi connectivity index (χ1n) is 5.76. The van der Waals surface area contributed by atoms with Crippen LogP contribution < -0.4 is 5.32 Å². The fourth-order valence-electron chi connectivity index (χ4n) is 1.53. The molecular weight excluding hydrogens is 206 g/mol. The maximum absolute atomic E-state index is 11.3. The number of hydrogen-bond donors (Lipinski definition) is 1. The lowest BCUT2D eigenvalue weighted by molar-refractivity contribution is -0.144. The number of ether oxygens (including phenoxy) is 1. The second-order valence-corrected chi connectivity index (χ2v) is 4.13. The molecule has 0 aromatic heterocycles. The van der Waals surface area contributed by atoms with Gasteiger partial charge in [0.05, 0.1) is 6.54 Å². The molecule has 0 fully saturated rings. The smallest absolute Gasteiger partial charge is 0.306 e. The largest absolute Gasteiger partial charge is 0.464 e.